The molecule has 1 saturated heterocycles. The molecule has 1 amide bonds. The van der Waals surface area contributed by atoms with Crippen LogP contribution in [0.2, 0.25) is 0 Å². The fourth-order valence-electron chi connectivity index (χ4n) is 4.23. The summed E-state index contributed by atoms with van der Waals surface area (Å²) in [7, 11) is 0. The number of nitrogens with two attached hydrogens (primary N) is 1. The first-order valence-electron chi connectivity index (χ1n) is 8.50. The third-order valence-electron chi connectivity index (χ3n) is 5.57. The lowest BCUT2D eigenvalue weighted by Gasteiger charge is -2.22. The average Bonchev–Trinajstić information content (AvgIpc) is 2.97. The number of carbonyl (C=O) groups is 1. The van der Waals surface area contributed by atoms with Crippen LogP contribution in [-0.4, -0.2) is 45.2 Å². The van der Waals surface area contributed by atoms with E-state index in [-0.39, 0.29) is 0 Å². The molecule has 0 bridgehead atoms. The maximum Gasteiger partial charge on any atom is 0.407 e. The molecule has 4 rings (SSSR count). The first kappa shape index (κ1) is 14.5. The minimum absolute atomic E-state index is 0.319. The molecule has 1 unspecified atom stereocenters. The first-order valence-corrected chi connectivity index (χ1v) is 8.50. The topological polar surface area (TPSA) is 104 Å². The zero-order valence-corrected chi connectivity index (χ0v) is 13.1. The Morgan fingerprint density at radius 2 is 1.91 bits per heavy atom. The molecule has 23 heavy (non-hydrogen) atoms. The van der Waals surface area contributed by atoms with Gasteiger partial charge in [0.15, 0.2) is 0 Å². The summed E-state index contributed by atoms with van der Waals surface area (Å²) in [6.07, 6.45) is 5.37. The van der Waals surface area contributed by atoms with Crippen LogP contribution in [0, 0.1) is 11.8 Å². The van der Waals surface area contributed by atoms with Crippen molar-refractivity contribution in [2.24, 2.45) is 11.8 Å². The smallest absolute Gasteiger partial charge is 0.407 e. The zero-order chi connectivity index (χ0) is 16.0. The summed E-state index contributed by atoms with van der Waals surface area (Å²) in [5.74, 6) is 2.42. The maximum absolute atomic E-state index is 11.0. The number of amides is 1. The van der Waals surface area contributed by atoms with E-state index in [1.807, 2.05) is 6.07 Å². The van der Waals surface area contributed by atoms with Crippen LogP contribution in [0.1, 0.15) is 43.7 Å². The van der Waals surface area contributed by atoms with Crippen molar-refractivity contribution in [3.63, 3.8) is 0 Å². The fraction of sp³-hybridized carbons (Fsp3) is 0.688. The standard InChI is InChI=1S/C16H23N5O2/c17-15-18-12(9-4-2-1-3-5-9)6-13(20-15)19-14-10-7-21(16(22)23)8-11(10)14/h6,9-11,14H,1-5,7-8H2,(H,22,23)(H3,17,18,19,20)/t10-,11+,14?. The van der Waals surface area contributed by atoms with Crippen LogP contribution < -0.4 is 11.1 Å². The molecule has 1 aromatic rings. The summed E-state index contributed by atoms with van der Waals surface area (Å²) in [4.78, 5) is 21.2. The minimum Gasteiger partial charge on any atom is -0.465 e. The molecule has 124 valence electrons. The van der Waals surface area contributed by atoms with Gasteiger partial charge in [-0.1, -0.05) is 19.3 Å². The number of nitrogens with one attached hydrogen (secondary N) is 1. The number of carboxylic acid groups (broad SMARTS) is 1. The number of anilines is 2. The normalized spacial score (nSPS) is 30.1. The second-order valence-corrected chi connectivity index (χ2v) is 7.06. The molecule has 1 aromatic heterocycles. The van der Waals surface area contributed by atoms with Gasteiger partial charge >= 0.3 is 6.09 Å². The Hall–Kier alpha value is -2.05. The Kier molecular flexibility index (Phi) is 3.50. The van der Waals surface area contributed by atoms with Crippen LogP contribution >= 0.6 is 0 Å². The van der Waals surface area contributed by atoms with Gasteiger partial charge in [-0.15, -0.1) is 0 Å². The molecule has 3 aliphatic rings. The van der Waals surface area contributed by atoms with Crippen molar-refractivity contribution in [1.29, 1.82) is 0 Å². The van der Waals surface area contributed by atoms with Gasteiger partial charge in [0.1, 0.15) is 5.82 Å². The zero-order valence-electron chi connectivity index (χ0n) is 13.1. The largest absolute Gasteiger partial charge is 0.465 e. The summed E-state index contributed by atoms with van der Waals surface area (Å²) in [5, 5.41) is 12.5. The third kappa shape index (κ3) is 2.80. The Morgan fingerprint density at radius 1 is 1.22 bits per heavy atom. The van der Waals surface area contributed by atoms with Crippen LogP contribution in [0.25, 0.3) is 0 Å². The van der Waals surface area contributed by atoms with E-state index in [9.17, 15) is 4.79 Å². The van der Waals surface area contributed by atoms with Gasteiger partial charge in [0.2, 0.25) is 5.95 Å². The highest BCUT2D eigenvalue weighted by atomic mass is 16.4. The quantitative estimate of drug-likeness (QED) is 0.789. The molecule has 0 radical (unpaired) electrons. The Balaban J connectivity index is 1.42. The van der Waals surface area contributed by atoms with E-state index in [0.717, 1.165) is 11.5 Å². The number of hydrogen-bond acceptors (Lipinski definition) is 5. The van der Waals surface area contributed by atoms with Gasteiger partial charge in [-0.05, 0) is 12.8 Å². The van der Waals surface area contributed by atoms with Crippen LogP contribution in [0.3, 0.4) is 0 Å². The predicted molar refractivity (Wildman–Crippen MR) is 86.3 cm³/mol. The van der Waals surface area contributed by atoms with Crippen LogP contribution in [0.4, 0.5) is 16.6 Å². The molecule has 4 N–H and O–H groups in total. The number of nitrogens with zero attached hydrogens (tertiary/aromatic N) is 3. The monoisotopic (exact) mass is 317 g/mol. The number of fused-ring (bicyclic) bond motifs is 1. The summed E-state index contributed by atoms with van der Waals surface area (Å²) >= 11 is 0. The Bertz CT molecular complexity index is 604. The minimum atomic E-state index is -0.818. The second kappa shape index (κ2) is 5.54. The van der Waals surface area contributed by atoms with E-state index < -0.39 is 6.09 Å². The van der Waals surface area contributed by atoms with E-state index in [2.05, 4.69) is 15.3 Å². The van der Waals surface area contributed by atoms with Crippen LogP contribution in [-0.2, 0) is 0 Å². The van der Waals surface area contributed by atoms with Crippen molar-refractivity contribution in [2.45, 2.75) is 44.1 Å². The van der Waals surface area contributed by atoms with E-state index >= 15 is 0 Å². The lowest BCUT2D eigenvalue weighted by atomic mass is 9.87. The number of aromatic nitrogens is 2. The summed E-state index contributed by atoms with van der Waals surface area (Å²) < 4.78 is 0. The van der Waals surface area contributed by atoms with Crippen LogP contribution in [0.15, 0.2) is 6.07 Å². The molecule has 7 heteroatoms. The van der Waals surface area contributed by atoms with E-state index in [0.29, 0.717) is 42.8 Å². The highest BCUT2D eigenvalue weighted by Crippen LogP contribution is 2.47. The van der Waals surface area contributed by atoms with Gasteiger partial charge in [0, 0.05) is 43.0 Å². The number of nitrogen functional groups attached to an aromatic ring is 1. The van der Waals surface area contributed by atoms with E-state index in [1.165, 1.54) is 37.0 Å². The highest BCUT2D eigenvalue weighted by Gasteiger charge is 2.57. The van der Waals surface area contributed by atoms with Gasteiger partial charge in [0.25, 0.3) is 0 Å². The number of piperidine rings is 1. The molecule has 2 saturated carbocycles. The summed E-state index contributed by atoms with van der Waals surface area (Å²) in [6, 6.07) is 2.36. The molecular formula is C16H23N5O2. The van der Waals surface area contributed by atoms with Gasteiger partial charge in [0.05, 0.1) is 5.69 Å². The molecule has 0 aromatic carbocycles. The van der Waals surface area contributed by atoms with E-state index in [4.69, 9.17) is 10.8 Å². The van der Waals surface area contributed by atoms with Gasteiger partial charge in [-0.2, -0.15) is 4.98 Å². The second-order valence-electron chi connectivity index (χ2n) is 7.06. The third-order valence-corrected chi connectivity index (χ3v) is 5.57. The maximum atomic E-state index is 11.0. The molecule has 3 atom stereocenters. The van der Waals surface area contributed by atoms with Gasteiger partial charge < -0.3 is 21.1 Å². The van der Waals surface area contributed by atoms with Crippen molar-refractivity contribution >= 4 is 17.9 Å². The molecule has 0 spiro atoms. The first-order chi connectivity index (χ1) is 11.1. The van der Waals surface area contributed by atoms with E-state index in [1.54, 1.807) is 0 Å². The van der Waals surface area contributed by atoms with Crippen molar-refractivity contribution in [3.05, 3.63) is 11.8 Å². The van der Waals surface area contributed by atoms with Gasteiger partial charge in [-0.3, -0.25) is 0 Å². The predicted octanol–water partition coefficient (Wildman–Crippen LogP) is 2.13. The molecule has 7 nitrogen and oxygen atoms in total. The number of hydrogen-bond donors (Lipinski definition) is 3. The molecule has 3 fully saturated rings. The van der Waals surface area contributed by atoms with Crippen molar-refractivity contribution in [3.8, 4) is 0 Å². The summed E-state index contributed by atoms with van der Waals surface area (Å²) in [5.41, 5.74) is 6.95. The summed E-state index contributed by atoms with van der Waals surface area (Å²) in [6.45, 7) is 1.24. The number of likely N-dealkylation sites (tertiary alicyclic amines) is 1. The van der Waals surface area contributed by atoms with Gasteiger partial charge in [-0.25, -0.2) is 9.78 Å². The molecular weight excluding hydrogens is 294 g/mol. The SMILES string of the molecule is Nc1nc(NC2[C@H]3CN(C(=O)O)C[C@@H]23)cc(C2CCCCC2)n1. The molecule has 2 aliphatic carbocycles. The van der Waals surface area contributed by atoms with Crippen molar-refractivity contribution < 1.29 is 9.90 Å². The number of rotatable bonds is 3. The van der Waals surface area contributed by atoms with Crippen molar-refractivity contribution in [2.75, 3.05) is 24.1 Å². The fourth-order valence-corrected chi connectivity index (χ4v) is 4.23. The average molecular weight is 317 g/mol. The lowest BCUT2D eigenvalue weighted by Crippen LogP contribution is -2.32. The highest BCUT2D eigenvalue weighted by molar-refractivity contribution is 5.66. The lowest BCUT2D eigenvalue weighted by molar-refractivity contribution is 0.150. The van der Waals surface area contributed by atoms with Crippen molar-refractivity contribution in [1.82, 2.24) is 14.9 Å². The Labute approximate surface area is 135 Å². The Morgan fingerprint density at radius 3 is 2.57 bits per heavy atom. The van der Waals surface area contributed by atoms with Crippen LogP contribution in [0.5, 0.6) is 0 Å². The molecule has 1 aliphatic heterocycles. The molecule has 2 heterocycles.